The predicted octanol–water partition coefficient (Wildman–Crippen LogP) is 3.70. The van der Waals surface area contributed by atoms with Crippen molar-refractivity contribution in [2.45, 2.75) is 31.6 Å². The van der Waals surface area contributed by atoms with Crippen LogP contribution in [0.25, 0.3) is 0 Å². The molecule has 1 aliphatic rings. The van der Waals surface area contributed by atoms with Gasteiger partial charge in [0.1, 0.15) is 0 Å². The maximum absolute atomic E-state index is 12.8. The number of halogens is 3. The molecule has 0 fully saturated rings. The molecule has 0 spiro atoms. The minimum absolute atomic E-state index is 0.0275. The second kappa shape index (κ2) is 7.27. The molecule has 1 unspecified atom stereocenters. The molecule has 0 saturated heterocycles. The first kappa shape index (κ1) is 18.1. The van der Waals surface area contributed by atoms with E-state index in [4.69, 9.17) is 5.73 Å². The van der Waals surface area contributed by atoms with Crippen LogP contribution in [0.3, 0.4) is 0 Å². The number of nitrogens with zero attached hydrogens (tertiary/aromatic N) is 1. The number of hydrogen-bond acceptors (Lipinski definition) is 2. The second-order valence-corrected chi connectivity index (χ2v) is 6.39. The van der Waals surface area contributed by atoms with Gasteiger partial charge in [-0.25, -0.2) is 4.79 Å². The first-order valence-electron chi connectivity index (χ1n) is 8.38. The molecule has 0 saturated carbocycles. The Balaban J connectivity index is 1.84. The second-order valence-electron chi connectivity index (χ2n) is 6.39. The van der Waals surface area contributed by atoms with E-state index in [0.29, 0.717) is 13.1 Å². The number of para-hydroxylation sites is 1. The lowest BCUT2D eigenvalue weighted by Gasteiger charge is -2.39. The van der Waals surface area contributed by atoms with E-state index < -0.39 is 17.8 Å². The first-order chi connectivity index (χ1) is 12.3. The zero-order valence-corrected chi connectivity index (χ0v) is 14.1. The van der Waals surface area contributed by atoms with Gasteiger partial charge in [0.15, 0.2) is 0 Å². The zero-order valence-electron chi connectivity index (χ0n) is 14.1. The number of nitrogens with two attached hydrogens (primary N) is 1. The van der Waals surface area contributed by atoms with E-state index in [1.807, 2.05) is 24.3 Å². The van der Waals surface area contributed by atoms with Gasteiger partial charge in [0.25, 0.3) is 0 Å². The minimum atomic E-state index is -4.34. The van der Waals surface area contributed by atoms with Crippen molar-refractivity contribution in [3.05, 3.63) is 65.2 Å². The number of carbonyl (C=O) groups excluding carboxylic acids is 1. The van der Waals surface area contributed by atoms with Crippen LogP contribution in [0, 0.1) is 0 Å². The van der Waals surface area contributed by atoms with Gasteiger partial charge in [-0.1, -0.05) is 30.3 Å². The lowest BCUT2D eigenvalue weighted by Crippen LogP contribution is -2.47. The molecule has 1 heterocycles. The summed E-state index contributed by atoms with van der Waals surface area (Å²) in [5.74, 6) is 0. The van der Waals surface area contributed by atoms with Crippen molar-refractivity contribution in [3.8, 4) is 0 Å². The van der Waals surface area contributed by atoms with Crippen LogP contribution in [0.15, 0.2) is 48.5 Å². The lowest BCUT2D eigenvalue weighted by molar-refractivity contribution is -0.137. The normalized spacial score (nSPS) is 16.9. The fourth-order valence-electron chi connectivity index (χ4n) is 3.32. The smallest absolute Gasteiger partial charge is 0.362 e. The number of nitrogens with one attached hydrogen (secondary N) is 1. The molecule has 0 radical (unpaired) electrons. The largest absolute Gasteiger partial charge is 0.416 e. The fraction of sp³-hybridized carbons (Fsp3) is 0.316. The summed E-state index contributed by atoms with van der Waals surface area (Å²) in [6, 6.07) is 12.6. The molecule has 2 aromatic carbocycles. The van der Waals surface area contributed by atoms with Gasteiger partial charge in [0.2, 0.25) is 0 Å². The van der Waals surface area contributed by atoms with Crippen LogP contribution in [-0.4, -0.2) is 18.6 Å². The van der Waals surface area contributed by atoms with E-state index >= 15 is 0 Å². The number of benzene rings is 2. The third-order valence-corrected chi connectivity index (χ3v) is 4.63. The monoisotopic (exact) mass is 363 g/mol. The Hall–Kier alpha value is -2.70. The number of carbonyl (C=O) groups is 1. The summed E-state index contributed by atoms with van der Waals surface area (Å²) in [6.45, 7) is 0.852. The van der Waals surface area contributed by atoms with Crippen molar-refractivity contribution >= 4 is 11.7 Å². The van der Waals surface area contributed by atoms with Crippen molar-refractivity contribution in [2.24, 2.45) is 5.73 Å². The first-order valence-corrected chi connectivity index (χ1v) is 8.38. The van der Waals surface area contributed by atoms with Crippen LogP contribution in [-0.2, 0) is 19.1 Å². The summed E-state index contributed by atoms with van der Waals surface area (Å²) in [5, 5.41) is 2.64. The van der Waals surface area contributed by atoms with E-state index in [1.54, 1.807) is 0 Å². The van der Waals surface area contributed by atoms with Gasteiger partial charge in [0.05, 0.1) is 5.56 Å². The van der Waals surface area contributed by atoms with Gasteiger partial charge in [-0.05, 0) is 42.2 Å². The summed E-state index contributed by atoms with van der Waals surface area (Å²) in [6.07, 6.45) is -2.63. The van der Waals surface area contributed by atoms with Crippen LogP contribution in [0.1, 0.15) is 23.1 Å². The molecule has 7 heteroatoms. The molecule has 3 rings (SSSR count). The molecule has 1 atom stereocenters. The Morgan fingerprint density at radius 2 is 1.85 bits per heavy atom. The van der Waals surface area contributed by atoms with Crippen LogP contribution in [0.5, 0.6) is 0 Å². The topological polar surface area (TPSA) is 58.4 Å². The van der Waals surface area contributed by atoms with Gasteiger partial charge >= 0.3 is 12.2 Å². The molecular weight excluding hydrogens is 343 g/mol. The van der Waals surface area contributed by atoms with Crippen molar-refractivity contribution in [1.29, 1.82) is 0 Å². The third-order valence-electron chi connectivity index (χ3n) is 4.63. The Morgan fingerprint density at radius 3 is 2.50 bits per heavy atom. The van der Waals surface area contributed by atoms with Crippen molar-refractivity contribution in [3.63, 3.8) is 0 Å². The highest BCUT2D eigenvalue weighted by Crippen LogP contribution is 2.33. The van der Waals surface area contributed by atoms with Gasteiger partial charge in [-0.15, -0.1) is 0 Å². The number of primary amides is 1. The molecule has 2 aromatic rings. The lowest BCUT2D eigenvalue weighted by atomic mass is 9.95. The van der Waals surface area contributed by atoms with Crippen molar-refractivity contribution < 1.29 is 18.0 Å². The van der Waals surface area contributed by atoms with Crippen molar-refractivity contribution in [1.82, 2.24) is 5.32 Å². The standard InChI is InChI=1S/C19H20F3N3O/c20-19(21,22)15-8-5-13(6-9-15)12-25-16(11-24-18(23)26)10-7-14-3-1-2-4-17(14)25/h1-6,8-9,16H,7,10-12H2,(H3,23,24,26). The number of urea groups is 1. The SMILES string of the molecule is NC(=O)NCC1CCc2ccccc2N1Cc1ccc(C(F)(F)F)cc1. The number of hydrogen-bond donors (Lipinski definition) is 2. The number of aryl methyl sites for hydroxylation is 1. The molecule has 1 aliphatic heterocycles. The van der Waals surface area contributed by atoms with Crippen LogP contribution < -0.4 is 16.0 Å². The highest BCUT2D eigenvalue weighted by molar-refractivity contribution is 5.71. The highest BCUT2D eigenvalue weighted by atomic mass is 19.4. The number of rotatable bonds is 4. The maximum atomic E-state index is 12.8. The number of fused-ring (bicyclic) bond motifs is 1. The Morgan fingerprint density at radius 1 is 1.15 bits per heavy atom. The van der Waals surface area contributed by atoms with E-state index in [1.165, 1.54) is 17.7 Å². The molecule has 2 amide bonds. The van der Waals surface area contributed by atoms with E-state index in [2.05, 4.69) is 10.2 Å². The maximum Gasteiger partial charge on any atom is 0.416 e. The van der Waals surface area contributed by atoms with E-state index in [-0.39, 0.29) is 6.04 Å². The fourth-order valence-corrected chi connectivity index (χ4v) is 3.32. The summed E-state index contributed by atoms with van der Waals surface area (Å²) >= 11 is 0. The van der Waals surface area contributed by atoms with Crippen LogP contribution in [0.2, 0.25) is 0 Å². The average Bonchev–Trinajstić information content (AvgIpc) is 2.60. The molecular formula is C19H20F3N3O. The van der Waals surface area contributed by atoms with Crippen molar-refractivity contribution in [2.75, 3.05) is 11.4 Å². The van der Waals surface area contributed by atoms with Crippen LogP contribution >= 0.6 is 0 Å². The summed E-state index contributed by atoms with van der Waals surface area (Å²) in [4.78, 5) is 13.2. The van der Waals surface area contributed by atoms with Crippen LogP contribution in [0.4, 0.5) is 23.7 Å². The van der Waals surface area contributed by atoms with E-state index in [0.717, 1.165) is 36.2 Å². The summed E-state index contributed by atoms with van der Waals surface area (Å²) in [5.41, 5.74) is 7.53. The summed E-state index contributed by atoms with van der Waals surface area (Å²) < 4.78 is 38.3. The molecule has 3 N–H and O–H groups in total. The molecule has 138 valence electrons. The highest BCUT2D eigenvalue weighted by Gasteiger charge is 2.30. The molecule has 0 bridgehead atoms. The number of amides is 2. The van der Waals surface area contributed by atoms with Gasteiger partial charge < -0.3 is 16.0 Å². The molecule has 4 nitrogen and oxygen atoms in total. The number of alkyl halides is 3. The number of anilines is 1. The Kier molecular flexibility index (Phi) is 5.06. The average molecular weight is 363 g/mol. The van der Waals surface area contributed by atoms with Gasteiger partial charge in [-0.2, -0.15) is 13.2 Å². The minimum Gasteiger partial charge on any atom is -0.362 e. The molecule has 26 heavy (non-hydrogen) atoms. The quantitative estimate of drug-likeness (QED) is 0.870. The van der Waals surface area contributed by atoms with Gasteiger partial charge in [-0.3, -0.25) is 0 Å². The molecule has 0 aromatic heterocycles. The predicted molar refractivity (Wildman–Crippen MR) is 93.8 cm³/mol. The zero-order chi connectivity index (χ0) is 18.7. The van der Waals surface area contributed by atoms with E-state index in [9.17, 15) is 18.0 Å². The summed E-state index contributed by atoms with van der Waals surface area (Å²) in [7, 11) is 0. The Bertz CT molecular complexity index is 774. The Labute approximate surface area is 149 Å². The molecule has 0 aliphatic carbocycles. The third kappa shape index (κ3) is 4.09. The van der Waals surface area contributed by atoms with Gasteiger partial charge in [0, 0.05) is 24.8 Å².